The molecule has 0 saturated heterocycles. The molecule has 0 atom stereocenters. The molecule has 0 unspecified atom stereocenters. The molecule has 5 nitrogen and oxygen atoms in total. The van der Waals surface area contributed by atoms with Gasteiger partial charge in [-0.05, 0) is 45.0 Å². The monoisotopic (exact) mass is 494 g/mol. The van der Waals surface area contributed by atoms with Crippen molar-refractivity contribution >= 4 is 52.9 Å². The Bertz CT molecular complexity index is 656. The van der Waals surface area contributed by atoms with Gasteiger partial charge in [0.2, 0.25) is 0 Å². The van der Waals surface area contributed by atoms with Crippen LogP contribution in [0.25, 0.3) is 0 Å². The summed E-state index contributed by atoms with van der Waals surface area (Å²) in [6.07, 6.45) is 0. The maximum absolute atomic E-state index is 5.85. The molecule has 0 spiro atoms. The number of hydrogen-bond acceptors (Lipinski definition) is 4. The molecule has 0 aliphatic heterocycles. The van der Waals surface area contributed by atoms with Crippen LogP contribution in [0, 0.1) is 13.8 Å². The van der Waals surface area contributed by atoms with Gasteiger partial charge in [-0.2, -0.15) is 0 Å². The standard InChI is InChI=1S/C17H23ClN4OS.HI/c1-4-19-17(21-11-16-22-12(2)13(3)24-16)20-9-10-23-15-7-5-14(18)6-8-15;/h5-8H,4,9-11H2,1-3H3,(H2,19,20,21);1H. The quantitative estimate of drug-likeness (QED) is 0.263. The van der Waals surface area contributed by atoms with E-state index in [4.69, 9.17) is 16.3 Å². The molecule has 1 aromatic heterocycles. The highest BCUT2D eigenvalue weighted by Crippen LogP contribution is 2.17. The van der Waals surface area contributed by atoms with Gasteiger partial charge in [0, 0.05) is 16.4 Å². The van der Waals surface area contributed by atoms with E-state index in [1.165, 1.54) is 4.88 Å². The first-order valence-corrected chi connectivity index (χ1v) is 9.11. The fourth-order valence-electron chi connectivity index (χ4n) is 1.96. The lowest BCUT2D eigenvalue weighted by atomic mass is 10.3. The summed E-state index contributed by atoms with van der Waals surface area (Å²) in [7, 11) is 0. The summed E-state index contributed by atoms with van der Waals surface area (Å²) < 4.78 is 5.66. The first-order valence-electron chi connectivity index (χ1n) is 7.92. The summed E-state index contributed by atoms with van der Waals surface area (Å²) in [5, 5.41) is 8.21. The van der Waals surface area contributed by atoms with Crippen LogP contribution in [-0.4, -0.2) is 30.6 Å². The van der Waals surface area contributed by atoms with E-state index in [2.05, 4.69) is 27.5 Å². The van der Waals surface area contributed by atoms with Crippen molar-refractivity contribution in [3.05, 3.63) is 44.9 Å². The first-order chi connectivity index (χ1) is 11.6. The summed E-state index contributed by atoms with van der Waals surface area (Å²) in [4.78, 5) is 10.3. The molecule has 1 aromatic carbocycles. The maximum Gasteiger partial charge on any atom is 0.191 e. The van der Waals surface area contributed by atoms with Crippen LogP contribution < -0.4 is 15.4 Å². The van der Waals surface area contributed by atoms with E-state index in [0.717, 1.165) is 29.0 Å². The Balaban J connectivity index is 0.00000312. The van der Waals surface area contributed by atoms with Crippen LogP contribution >= 0.6 is 46.9 Å². The molecule has 25 heavy (non-hydrogen) atoms. The zero-order chi connectivity index (χ0) is 17.4. The lowest BCUT2D eigenvalue weighted by molar-refractivity contribution is 0.322. The normalized spacial score (nSPS) is 11.0. The number of hydrogen-bond donors (Lipinski definition) is 2. The second kappa shape index (κ2) is 11.5. The molecule has 2 aromatic rings. The molecule has 0 amide bonds. The first kappa shape index (κ1) is 22.0. The van der Waals surface area contributed by atoms with Gasteiger partial charge in [-0.3, -0.25) is 0 Å². The summed E-state index contributed by atoms with van der Waals surface area (Å²) in [5.41, 5.74) is 1.08. The topological polar surface area (TPSA) is 58.5 Å². The van der Waals surface area contributed by atoms with Gasteiger partial charge in [-0.15, -0.1) is 35.3 Å². The van der Waals surface area contributed by atoms with E-state index >= 15 is 0 Å². The summed E-state index contributed by atoms with van der Waals surface area (Å²) in [6.45, 7) is 8.73. The number of benzene rings is 1. The third kappa shape index (κ3) is 7.79. The zero-order valence-electron chi connectivity index (χ0n) is 14.6. The molecular weight excluding hydrogens is 471 g/mol. The molecule has 0 bridgehead atoms. The number of aromatic nitrogens is 1. The number of rotatable bonds is 7. The number of aryl methyl sites for hydroxylation is 2. The van der Waals surface area contributed by atoms with Gasteiger partial charge >= 0.3 is 0 Å². The highest BCUT2D eigenvalue weighted by atomic mass is 127. The van der Waals surface area contributed by atoms with Crippen LogP contribution in [0.5, 0.6) is 5.75 Å². The molecule has 138 valence electrons. The van der Waals surface area contributed by atoms with Crippen LogP contribution in [0.15, 0.2) is 29.3 Å². The average molecular weight is 495 g/mol. The number of aliphatic imine (C=N–C) groups is 1. The van der Waals surface area contributed by atoms with Crippen molar-refractivity contribution in [2.45, 2.75) is 27.3 Å². The van der Waals surface area contributed by atoms with E-state index in [9.17, 15) is 0 Å². The molecule has 2 N–H and O–H groups in total. The van der Waals surface area contributed by atoms with Gasteiger partial charge < -0.3 is 15.4 Å². The second-order valence-electron chi connectivity index (χ2n) is 5.17. The second-order valence-corrected chi connectivity index (χ2v) is 6.90. The Morgan fingerprint density at radius 1 is 1.24 bits per heavy atom. The van der Waals surface area contributed by atoms with Gasteiger partial charge in [0.25, 0.3) is 0 Å². The molecule has 0 saturated carbocycles. The van der Waals surface area contributed by atoms with E-state index < -0.39 is 0 Å². The summed E-state index contributed by atoms with van der Waals surface area (Å²) in [5.74, 6) is 1.57. The number of nitrogens with zero attached hydrogens (tertiary/aromatic N) is 2. The van der Waals surface area contributed by atoms with Crippen LogP contribution in [0.2, 0.25) is 5.02 Å². The highest BCUT2D eigenvalue weighted by Gasteiger charge is 2.04. The van der Waals surface area contributed by atoms with Gasteiger partial charge in [0.15, 0.2) is 5.96 Å². The minimum atomic E-state index is 0. The van der Waals surface area contributed by atoms with Gasteiger partial charge in [0.05, 0.1) is 18.8 Å². The van der Waals surface area contributed by atoms with E-state index in [1.807, 2.05) is 38.1 Å². The van der Waals surface area contributed by atoms with Crippen molar-refractivity contribution in [1.82, 2.24) is 15.6 Å². The SMILES string of the molecule is CCNC(=NCc1nc(C)c(C)s1)NCCOc1ccc(Cl)cc1.I. The Morgan fingerprint density at radius 3 is 2.56 bits per heavy atom. The molecule has 0 aliphatic carbocycles. The Kier molecular flexibility index (Phi) is 10.1. The molecular formula is C17H24ClIN4OS. The number of thiazole rings is 1. The number of halogens is 2. The van der Waals surface area contributed by atoms with Crippen LogP contribution in [0.3, 0.4) is 0 Å². The number of ether oxygens (including phenoxy) is 1. The summed E-state index contributed by atoms with van der Waals surface area (Å²) >= 11 is 7.54. The maximum atomic E-state index is 5.85. The predicted octanol–water partition coefficient (Wildman–Crippen LogP) is 4.17. The number of nitrogens with one attached hydrogen (secondary N) is 2. The fraction of sp³-hybridized carbons (Fsp3) is 0.412. The van der Waals surface area contributed by atoms with Crippen molar-refractivity contribution in [2.75, 3.05) is 19.7 Å². The highest BCUT2D eigenvalue weighted by molar-refractivity contribution is 14.0. The Labute approximate surface area is 175 Å². The van der Waals surface area contributed by atoms with Crippen molar-refractivity contribution in [2.24, 2.45) is 4.99 Å². The van der Waals surface area contributed by atoms with Crippen molar-refractivity contribution in [3.8, 4) is 5.75 Å². The van der Waals surface area contributed by atoms with E-state index in [0.29, 0.717) is 24.7 Å². The molecule has 0 fully saturated rings. The molecule has 2 rings (SSSR count). The molecule has 8 heteroatoms. The van der Waals surface area contributed by atoms with Crippen molar-refractivity contribution in [1.29, 1.82) is 0 Å². The molecule has 1 heterocycles. The minimum Gasteiger partial charge on any atom is -0.492 e. The van der Waals surface area contributed by atoms with E-state index in [1.54, 1.807) is 11.3 Å². The smallest absolute Gasteiger partial charge is 0.191 e. The van der Waals surface area contributed by atoms with E-state index in [-0.39, 0.29) is 24.0 Å². The third-order valence-corrected chi connectivity index (χ3v) is 4.58. The minimum absolute atomic E-state index is 0. The average Bonchev–Trinajstić information content (AvgIpc) is 2.89. The summed E-state index contributed by atoms with van der Waals surface area (Å²) in [6, 6.07) is 7.34. The van der Waals surface area contributed by atoms with Gasteiger partial charge in [0.1, 0.15) is 17.4 Å². The molecule has 0 aliphatic rings. The van der Waals surface area contributed by atoms with Crippen molar-refractivity contribution < 1.29 is 4.74 Å². The van der Waals surface area contributed by atoms with Crippen LogP contribution in [0.4, 0.5) is 0 Å². The predicted molar refractivity (Wildman–Crippen MR) is 117 cm³/mol. The van der Waals surface area contributed by atoms with Gasteiger partial charge in [-0.25, -0.2) is 9.98 Å². The largest absolute Gasteiger partial charge is 0.492 e. The van der Waals surface area contributed by atoms with Crippen LogP contribution in [0.1, 0.15) is 22.5 Å². The molecule has 0 radical (unpaired) electrons. The number of guanidine groups is 1. The fourth-order valence-corrected chi connectivity index (χ4v) is 2.95. The third-order valence-electron chi connectivity index (χ3n) is 3.27. The van der Waals surface area contributed by atoms with Crippen molar-refractivity contribution in [3.63, 3.8) is 0 Å². The Hall–Kier alpha value is -1.06. The Morgan fingerprint density at radius 2 is 1.96 bits per heavy atom. The lowest BCUT2D eigenvalue weighted by Crippen LogP contribution is -2.39. The van der Waals surface area contributed by atoms with Gasteiger partial charge in [-0.1, -0.05) is 11.6 Å². The van der Waals surface area contributed by atoms with Crippen LogP contribution in [-0.2, 0) is 6.54 Å². The lowest BCUT2D eigenvalue weighted by Gasteiger charge is -2.11. The zero-order valence-corrected chi connectivity index (χ0v) is 18.5.